The monoisotopic (exact) mass is 765 g/mol. The minimum Gasteiger partial charge on any atom is -0.466 e. The molecule has 0 saturated heterocycles. The Balaban J connectivity index is 4.31. The number of esters is 3. The van der Waals surface area contributed by atoms with Crippen LogP contribution in [0.25, 0.3) is 0 Å². The Kier molecular flexibility index (Phi) is 42.8. The first-order chi connectivity index (χ1) is 26.5. The largest absolute Gasteiger partial charge is 0.466 e. The Hall–Kier alpha value is -1.59. The maximum absolute atomic E-state index is 13.0. The molecular weight excluding hydrogens is 673 g/mol. The van der Waals surface area contributed by atoms with E-state index in [1.807, 2.05) is 0 Å². The van der Waals surface area contributed by atoms with Crippen LogP contribution in [0.4, 0.5) is 0 Å². The highest BCUT2D eigenvalue weighted by atomic mass is 16.6. The molecule has 0 N–H and O–H groups in total. The second-order valence-electron chi connectivity index (χ2n) is 16.3. The van der Waals surface area contributed by atoms with Crippen LogP contribution >= 0.6 is 0 Å². The minimum absolute atomic E-state index is 0.219. The highest BCUT2D eigenvalue weighted by Crippen LogP contribution is 2.16. The summed E-state index contributed by atoms with van der Waals surface area (Å²) in [5, 5.41) is 0. The van der Waals surface area contributed by atoms with Crippen molar-refractivity contribution in [2.75, 3.05) is 13.2 Å². The molecule has 0 bridgehead atoms. The lowest BCUT2D eigenvalue weighted by molar-refractivity contribution is -0.168. The highest BCUT2D eigenvalue weighted by Gasteiger charge is 2.24. The third kappa shape index (κ3) is 40.1. The zero-order valence-corrected chi connectivity index (χ0v) is 36.5. The van der Waals surface area contributed by atoms with Crippen molar-refractivity contribution in [2.45, 2.75) is 277 Å². The van der Waals surface area contributed by atoms with E-state index in [0.717, 1.165) is 51.4 Å². The second kappa shape index (κ2) is 44.1. The van der Waals surface area contributed by atoms with Crippen molar-refractivity contribution in [1.29, 1.82) is 0 Å². The molecule has 0 aliphatic heterocycles. The number of hydrogen-bond donors (Lipinski definition) is 0. The first-order valence-electron chi connectivity index (χ1n) is 24.1. The van der Waals surface area contributed by atoms with Crippen LogP contribution in [0.15, 0.2) is 0 Å². The third-order valence-electron chi connectivity index (χ3n) is 10.9. The van der Waals surface area contributed by atoms with Crippen LogP contribution in [-0.2, 0) is 28.6 Å². The molecule has 0 amide bonds. The molecule has 0 aromatic rings. The lowest BCUT2D eigenvalue weighted by atomic mass is 10.1. The fourth-order valence-electron chi connectivity index (χ4n) is 7.22. The van der Waals surface area contributed by atoms with Crippen LogP contribution in [0.3, 0.4) is 0 Å². The van der Waals surface area contributed by atoms with Gasteiger partial charge in [0.1, 0.15) is 0 Å². The maximum Gasteiger partial charge on any atom is 0.347 e. The van der Waals surface area contributed by atoms with E-state index in [9.17, 15) is 14.4 Å². The van der Waals surface area contributed by atoms with Gasteiger partial charge in [0, 0.05) is 12.8 Å². The Bertz CT molecular complexity index is 798. The summed E-state index contributed by atoms with van der Waals surface area (Å²) in [6, 6.07) is 0. The Morgan fingerprint density at radius 1 is 0.333 bits per heavy atom. The first kappa shape index (κ1) is 52.4. The minimum atomic E-state index is -0.952. The van der Waals surface area contributed by atoms with Gasteiger partial charge in [-0.05, 0) is 32.1 Å². The molecule has 320 valence electrons. The molecule has 0 saturated carbocycles. The number of rotatable bonds is 44. The van der Waals surface area contributed by atoms with E-state index in [1.54, 1.807) is 0 Å². The molecule has 0 aromatic heterocycles. The van der Waals surface area contributed by atoms with Gasteiger partial charge in [-0.3, -0.25) is 9.59 Å². The smallest absolute Gasteiger partial charge is 0.347 e. The zero-order valence-electron chi connectivity index (χ0n) is 36.5. The van der Waals surface area contributed by atoms with Crippen molar-refractivity contribution in [3.8, 4) is 0 Å². The quantitative estimate of drug-likeness (QED) is 0.0349. The average Bonchev–Trinajstić information content (AvgIpc) is 3.17. The molecule has 6 nitrogen and oxygen atoms in total. The van der Waals surface area contributed by atoms with Gasteiger partial charge in [-0.2, -0.15) is 0 Å². The Morgan fingerprint density at radius 2 is 0.630 bits per heavy atom. The Morgan fingerprint density at radius 3 is 1.00 bits per heavy atom. The summed E-state index contributed by atoms with van der Waals surface area (Å²) in [6.07, 6.45) is 43.9. The number of ether oxygens (including phenoxy) is 3. The summed E-state index contributed by atoms with van der Waals surface area (Å²) in [4.78, 5) is 38.1. The van der Waals surface area contributed by atoms with Crippen LogP contribution < -0.4 is 0 Å². The molecule has 1 unspecified atom stereocenters. The molecule has 0 aromatic carbocycles. The van der Waals surface area contributed by atoms with E-state index in [-0.39, 0.29) is 24.8 Å². The molecule has 0 aliphatic rings. The van der Waals surface area contributed by atoms with E-state index < -0.39 is 12.1 Å². The molecule has 1 atom stereocenters. The van der Waals surface area contributed by atoms with Crippen molar-refractivity contribution in [1.82, 2.24) is 0 Å². The van der Waals surface area contributed by atoms with Gasteiger partial charge in [0.05, 0.1) is 13.2 Å². The van der Waals surface area contributed by atoms with Gasteiger partial charge >= 0.3 is 17.9 Å². The van der Waals surface area contributed by atoms with Crippen molar-refractivity contribution < 1.29 is 28.6 Å². The third-order valence-corrected chi connectivity index (χ3v) is 10.9. The van der Waals surface area contributed by atoms with Crippen LogP contribution in [0.2, 0.25) is 0 Å². The number of carbonyl (C=O) groups excluding carboxylic acids is 3. The number of hydrogen-bond acceptors (Lipinski definition) is 6. The molecule has 54 heavy (non-hydrogen) atoms. The van der Waals surface area contributed by atoms with Crippen LogP contribution in [0, 0.1) is 0 Å². The van der Waals surface area contributed by atoms with Crippen LogP contribution in [-0.4, -0.2) is 37.2 Å². The summed E-state index contributed by atoms with van der Waals surface area (Å²) in [5.74, 6) is -1.06. The van der Waals surface area contributed by atoms with Gasteiger partial charge in [-0.1, -0.05) is 226 Å². The number of unbranched alkanes of at least 4 members (excludes halogenated alkanes) is 32. The fourth-order valence-corrected chi connectivity index (χ4v) is 7.22. The van der Waals surface area contributed by atoms with E-state index in [4.69, 9.17) is 14.2 Å². The average molecular weight is 765 g/mol. The van der Waals surface area contributed by atoms with Gasteiger partial charge in [0.25, 0.3) is 0 Å². The summed E-state index contributed by atoms with van der Waals surface area (Å²) in [5.41, 5.74) is 0. The van der Waals surface area contributed by atoms with Gasteiger partial charge in [0.2, 0.25) is 0 Å². The SMILES string of the molecule is CCCCCCCCCCCCCCOC(=O)CCCC(OC(=O)CCCCCCCCCCCCC)C(=O)OCCCCCCCCCCCCCC. The van der Waals surface area contributed by atoms with E-state index in [1.165, 1.54) is 173 Å². The second-order valence-corrected chi connectivity index (χ2v) is 16.3. The molecule has 0 radical (unpaired) electrons. The van der Waals surface area contributed by atoms with Gasteiger partial charge in [0.15, 0.2) is 6.10 Å². The van der Waals surface area contributed by atoms with E-state index >= 15 is 0 Å². The molecular formula is C48H92O6. The summed E-state index contributed by atoms with van der Waals surface area (Å²) in [6.45, 7) is 7.58. The normalized spacial score (nSPS) is 11.8. The van der Waals surface area contributed by atoms with Crippen molar-refractivity contribution >= 4 is 17.9 Å². The molecule has 0 heterocycles. The van der Waals surface area contributed by atoms with Crippen molar-refractivity contribution in [3.05, 3.63) is 0 Å². The van der Waals surface area contributed by atoms with Gasteiger partial charge < -0.3 is 14.2 Å². The van der Waals surface area contributed by atoms with Crippen LogP contribution in [0.5, 0.6) is 0 Å². The lowest BCUT2D eigenvalue weighted by Crippen LogP contribution is -2.29. The summed E-state index contributed by atoms with van der Waals surface area (Å²) >= 11 is 0. The molecule has 0 fully saturated rings. The lowest BCUT2D eigenvalue weighted by Gasteiger charge is -2.17. The predicted octanol–water partition coefficient (Wildman–Crippen LogP) is 15.3. The first-order valence-corrected chi connectivity index (χ1v) is 24.1. The zero-order chi connectivity index (χ0) is 39.4. The predicted molar refractivity (Wildman–Crippen MR) is 229 cm³/mol. The van der Waals surface area contributed by atoms with Gasteiger partial charge in [-0.25, -0.2) is 4.79 Å². The molecule has 6 heteroatoms. The standard InChI is InChI=1S/C48H92O6/c1-4-7-10-13-16-19-22-25-28-31-34-37-43-52-46(49)42-39-40-45(54-47(50)41-36-33-30-27-24-21-18-15-12-9-6-3)48(51)53-44-38-35-32-29-26-23-20-17-14-11-8-5-2/h45H,4-44H2,1-3H3. The summed E-state index contributed by atoms with van der Waals surface area (Å²) < 4.78 is 16.7. The van der Waals surface area contributed by atoms with Gasteiger partial charge in [-0.15, -0.1) is 0 Å². The molecule has 0 aliphatic carbocycles. The van der Waals surface area contributed by atoms with Crippen molar-refractivity contribution in [2.24, 2.45) is 0 Å². The molecule has 0 spiro atoms. The number of carbonyl (C=O) groups is 3. The summed E-state index contributed by atoms with van der Waals surface area (Å²) in [7, 11) is 0. The highest BCUT2D eigenvalue weighted by molar-refractivity contribution is 5.79. The Labute approximate surface area is 336 Å². The van der Waals surface area contributed by atoms with E-state index in [2.05, 4.69) is 20.8 Å². The van der Waals surface area contributed by atoms with Crippen LogP contribution in [0.1, 0.15) is 271 Å². The van der Waals surface area contributed by atoms with E-state index in [0.29, 0.717) is 26.1 Å². The topological polar surface area (TPSA) is 78.9 Å². The molecule has 0 rings (SSSR count). The van der Waals surface area contributed by atoms with Crippen molar-refractivity contribution in [3.63, 3.8) is 0 Å². The maximum atomic E-state index is 13.0. The fraction of sp³-hybridized carbons (Fsp3) is 0.938.